The van der Waals surface area contributed by atoms with Crippen molar-refractivity contribution in [1.29, 1.82) is 0 Å². The molecule has 0 aromatic heterocycles. The predicted octanol–water partition coefficient (Wildman–Crippen LogP) is 2.70. The van der Waals surface area contributed by atoms with E-state index < -0.39 is 14.9 Å². The highest BCUT2D eigenvalue weighted by atomic mass is 32.2. The fraction of sp³-hybridized carbons (Fsp3) is 0.188. The van der Waals surface area contributed by atoms with Crippen molar-refractivity contribution in [3.05, 3.63) is 64.2 Å². The van der Waals surface area contributed by atoms with E-state index in [0.717, 1.165) is 6.42 Å². The number of nitrogens with one attached hydrogen (secondary N) is 1. The number of hydrogen-bond acceptors (Lipinski definition) is 6. The minimum Gasteiger partial charge on any atom is -0.487 e. The molecule has 0 amide bonds. The summed E-state index contributed by atoms with van der Waals surface area (Å²) >= 11 is 0. The Hall–Kier alpha value is -2.94. The van der Waals surface area contributed by atoms with Gasteiger partial charge in [0.1, 0.15) is 0 Å². The zero-order valence-electron chi connectivity index (χ0n) is 13.5. The number of sulfonamides is 1. The summed E-state index contributed by atoms with van der Waals surface area (Å²) in [4.78, 5) is 12.7. The largest absolute Gasteiger partial charge is 0.487 e. The summed E-state index contributed by atoms with van der Waals surface area (Å²) in [5, 5.41) is 14.8. The summed E-state index contributed by atoms with van der Waals surface area (Å²) < 4.78 is 29.4. The third-order valence-electron chi connectivity index (χ3n) is 3.08. The van der Waals surface area contributed by atoms with Gasteiger partial charge in [0.15, 0.2) is 5.75 Å². The van der Waals surface area contributed by atoms with Gasteiger partial charge >= 0.3 is 5.69 Å². The standard InChI is InChI=1S/C16H17N3O5S/c1-2-10-24-16-9-8-13(11-15(16)19(20)21)12-17-18-25(22,23)14-6-4-3-5-7-14/h3-9,11-12,18H,2,10H2,1H3/b17-12+. The highest BCUT2D eigenvalue weighted by Gasteiger charge is 2.16. The molecule has 0 aliphatic heterocycles. The van der Waals surface area contributed by atoms with Crippen molar-refractivity contribution in [2.24, 2.45) is 5.10 Å². The molecule has 0 spiro atoms. The molecule has 2 aromatic rings. The normalized spacial score (nSPS) is 11.4. The van der Waals surface area contributed by atoms with E-state index >= 15 is 0 Å². The summed E-state index contributed by atoms with van der Waals surface area (Å²) in [6, 6.07) is 12.0. The van der Waals surface area contributed by atoms with Crippen LogP contribution in [0.1, 0.15) is 18.9 Å². The molecule has 1 N–H and O–H groups in total. The molecule has 25 heavy (non-hydrogen) atoms. The Morgan fingerprint density at radius 3 is 2.60 bits per heavy atom. The molecule has 2 aromatic carbocycles. The molecule has 0 heterocycles. The fourth-order valence-corrected chi connectivity index (χ4v) is 2.73. The summed E-state index contributed by atoms with van der Waals surface area (Å²) in [5.74, 6) is 0.161. The lowest BCUT2D eigenvalue weighted by Gasteiger charge is -2.06. The molecule has 0 saturated heterocycles. The molecule has 0 radical (unpaired) electrons. The van der Waals surface area contributed by atoms with Crippen LogP contribution in [0.2, 0.25) is 0 Å². The number of nitro benzene ring substituents is 1. The third kappa shape index (κ3) is 5.01. The molecule has 2 rings (SSSR count). The first-order valence-electron chi connectivity index (χ1n) is 7.45. The van der Waals surface area contributed by atoms with Crippen molar-refractivity contribution in [1.82, 2.24) is 4.83 Å². The van der Waals surface area contributed by atoms with E-state index in [2.05, 4.69) is 9.93 Å². The maximum atomic E-state index is 12.0. The van der Waals surface area contributed by atoms with Gasteiger partial charge in [-0.3, -0.25) is 10.1 Å². The number of hydrogen-bond donors (Lipinski definition) is 1. The molecule has 0 aliphatic rings. The molecule has 0 atom stereocenters. The number of rotatable bonds is 8. The van der Waals surface area contributed by atoms with Gasteiger partial charge in [0.05, 0.1) is 22.6 Å². The zero-order chi connectivity index (χ0) is 18.3. The van der Waals surface area contributed by atoms with Crippen LogP contribution in [0.4, 0.5) is 5.69 Å². The quantitative estimate of drug-likeness (QED) is 0.440. The van der Waals surface area contributed by atoms with E-state index in [1.165, 1.54) is 30.5 Å². The molecule has 8 nitrogen and oxygen atoms in total. The van der Waals surface area contributed by atoms with E-state index in [9.17, 15) is 18.5 Å². The van der Waals surface area contributed by atoms with Crippen LogP contribution >= 0.6 is 0 Å². The van der Waals surface area contributed by atoms with Gasteiger partial charge in [0, 0.05) is 11.6 Å². The van der Waals surface area contributed by atoms with Crippen LogP contribution in [0.3, 0.4) is 0 Å². The lowest BCUT2D eigenvalue weighted by molar-refractivity contribution is -0.385. The maximum absolute atomic E-state index is 12.0. The fourth-order valence-electron chi connectivity index (χ4n) is 1.91. The monoisotopic (exact) mass is 363 g/mol. The van der Waals surface area contributed by atoms with Gasteiger partial charge in [-0.1, -0.05) is 25.1 Å². The van der Waals surface area contributed by atoms with E-state index in [0.29, 0.717) is 12.2 Å². The summed E-state index contributed by atoms with van der Waals surface area (Å²) in [6.45, 7) is 2.26. The average Bonchev–Trinajstić information content (AvgIpc) is 2.61. The van der Waals surface area contributed by atoms with Crippen LogP contribution < -0.4 is 9.57 Å². The van der Waals surface area contributed by atoms with E-state index in [1.807, 2.05) is 6.92 Å². The van der Waals surface area contributed by atoms with E-state index in [-0.39, 0.29) is 16.3 Å². The average molecular weight is 363 g/mol. The van der Waals surface area contributed by atoms with E-state index in [4.69, 9.17) is 4.74 Å². The van der Waals surface area contributed by atoms with Crippen LogP contribution in [-0.2, 0) is 10.0 Å². The van der Waals surface area contributed by atoms with Gasteiger partial charge < -0.3 is 4.74 Å². The van der Waals surface area contributed by atoms with Gasteiger partial charge in [0.2, 0.25) is 0 Å². The second-order valence-corrected chi connectivity index (χ2v) is 6.66. The van der Waals surface area contributed by atoms with Crippen LogP contribution in [0.25, 0.3) is 0 Å². The van der Waals surface area contributed by atoms with Crippen LogP contribution in [-0.4, -0.2) is 26.2 Å². The summed E-state index contributed by atoms with van der Waals surface area (Å²) in [6.07, 6.45) is 1.92. The summed E-state index contributed by atoms with van der Waals surface area (Å²) in [7, 11) is -3.78. The first kappa shape index (κ1) is 18.4. The molecule has 0 aliphatic carbocycles. The minimum absolute atomic E-state index is 0.0708. The molecule has 0 unspecified atom stereocenters. The molecule has 132 valence electrons. The number of ether oxygens (including phenoxy) is 1. The lowest BCUT2D eigenvalue weighted by atomic mass is 10.2. The van der Waals surface area contributed by atoms with Crippen molar-refractivity contribution >= 4 is 21.9 Å². The Morgan fingerprint density at radius 2 is 1.96 bits per heavy atom. The number of nitro groups is 1. The molecule has 0 fully saturated rings. The van der Waals surface area contributed by atoms with Crippen molar-refractivity contribution in [2.75, 3.05) is 6.61 Å². The maximum Gasteiger partial charge on any atom is 0.311 e. The Labute approximate surface area is 145 Å². The first-order chi connectivity index (χ1) is 11.9. The van der Waals surface area contributed by atoms with Crippen LogP contribution in [0.15, 0.2) is 58.5 Å². The van der Waals surface area contributed by atoms with Gasteiger partial charge in [-0.05, 0) is 30.7 Å². The van der Waals surface area contributed by atoms with Gasteiger partial charge in [0.25, 0.3) is 10.0 Å². The Kier molecular flexibility index (Phi) is 6.07. The van der Waals surface area contributed by atoms with Crippen LogP contribution in [0, 0.1) is 10.1 Å². The minimum atomic E-state index is -3.78. The second-order valence-electron chi connectivity index (χ2n) is 5.00. The Morgan fingerprint density at radius 1 is 1.24 bits per heavy atom. The molecule has 0 saturated carbocycles. The van der Waals surface area contributed by atoms with Crippen molar-refractivity contribution in [3.8, 4) is 5.75 Å². The molecule has 9 heteroatoms. The SMILES string of the molecule is CCCOc1ccc(/C=N/NS(=O)(=O)c2ccccc2)cc1[N+](=O)[O-]. The number of nitrogens with zero attached hydrogens (tertiary/aromatic N) is 2. The molecular formula is C16H17N3O5S. The van der Waals surface area contributed by atoms with Crippen LogP contribution in [0.5, 0.6) is 5.75 Å². The Balaban J connectivity index is 2.16. The van der Waals surface area contributed by atoms with Gasteiger partial charge in [-0.2, -0.15) is 13.5 Å². The number of hydrazone groups is 1. The molecular weight excluding hydrogens is 346 g/mol. The highest BCUT2D eigenvalue weighted by Crippen LogP contribution is 2.27. The third-order valence-corrected chi connectivity index (χ3v) is 4.32. The summed E-state index contributed by atoms with van der Waals surface area (Å²) in [5.41, 5.74) is 0.162. The van der Waals surface area contributed by atoms with E-state index in [1.54, 1.807) is 24.3 Å². The second kappa shape index (κ2) is 8.25. The van der Waals surface area contributed by atoms with Gasteiger partial charge in [-0.25, -0.2) is 4.83 Å². The smallest absolute Gasteiger partial charge is 0.311 e. The first-order valence-corrected chi connectivity index (χ1v) is 8.93. The van der Waals surface area contributed by atoms with Gasteiger partial charge in [-0.15, -0.1) is 0 Å². The topological polar surface area (TPSA) is 111 Å². The lowest BCUT2D eigenvalue weighted by Crippen LogP contribution is -2.18. The Bertz CT molecular complexity index is 867. The molecule has 0 bridgehead atoms. The van der Waals surface area contributed by atoms with Crippen molar-refractivity contribution in [2.45, 2.75) is 18.2 Å². The highest BCUT2D eigenvalue weighted by molar-refractivity contribution is 7.89. The van der Waals surface area contributed by atoms with Crippen molar-refractivity contribution in [3.63, 3.8) is 0 Å². The van der Waals surface area contributed by atoms with Crippen molar-refractivity contribution < 1.29 is 18.1 Å². The predicted molar refractivity (Wildman–Crippen MR) is 93.2 cm³/mol. The number of benzene rings is 2. The zero-order valence-corrected chi connectivity index (χ0v) is 14.3.